The molecule has 4 heteroatoms. The van der Waals surface area contributed by atoms with Crippen LogP contribution in [-0.2, 0) is 10.8 Å². The van der Waals surface area contributed by atoms with Gasteiger partial charge in [-0.2, -0.15) is 0 Å². The lowest BCUT2D eigenvalue weighted by atomic mass is 9.81. The van der Waals surface area contributed by atoms with Gasteiger partial charge < -0.3 is 18.6 Å². The number of para-hydroxylation sites is 4. The van der Waals surface area contributed by atoms with E-state index in [9.17, 15) is 0 Å². The zero-order valence-electron chi connectivity index (χ0n) is 62.2. The summed E-state index contributed by atoms with van der Waals surface area (Å²) in [7, 11) is 0. The Morgan fingerprint density at radius 2 is 0.455 bits per heavy atom. The fourth-order valence-corrected chi connectivity index (χ4v) is 20.2. The minimum atomic E-state index is -0.276. The molecule has 0 saturated carbocycles. The average Bonchev–Trinajstić information content (AvgIpc) is 1.46. The normalized spacial score (nSPS) is 13.5. The second kappa shape index (κ2) is 23.2. The third-order valence-corrected chi connectivity index (χ3v) is 25.6. The van der Waals surface area contributed by atoms with Crippen molar-refractivity contribution in [1.82, 2.24) is 0 Å². The van der Waals surface area contributed by atoms with E-state index in [0.29, 0.717) is 0 Å². The smallest absolute Gasteiger partial charge is 0.143 e. The molecule has 24 rings (SSSR count). The molecular formula is C108H70N2O2. The lowest BCUT2D eigenvalue weighted by Crippen LogP contribution is -2.16. The van der Waals surface area contributed by atoms with Crippen LogP contribution in [0.25, 0.3) is 185 Å². The van der Waals surface area contributed by atoms with Gasteiger partial charge in [-0.05, 0) is 239 Å². The Morgan fingerprint density at radius 3 is 0.812 bits per heavy atom. The molecule has 112 heavy (non-hydrogen) atoms. The summed E-state index contributed by atoms with van der Waals surface area (Å²) < 4.78 is 13.4. The van der Waals surface area contributed by atoms with Crippen molar-refractivity contribution in [3.63, 3.8) is 0 Å². The third-order valence-electron chi connectivity index (χ3n) is 25.6. The molecule has 0 amide bonds. The van der Waals surface area contributed by atoms with E-state index in [-0.39, 0.29) is 10.8 Å². The van der Waals surface area contributed by atoms with E-state index in [0.717, 1.165) is 133 Å². The number of furan rings is 2. The molecule has 0 aliphatic heterocycles. The number of hydrogen-bond acceptors (Lipinski definition) is 4. The maximum absolute atomic E-state index is 6.71. The van der Waals surface area contributed by atoms with Crippen LogP contribution in [0.2, 0.25) is 0 Å². The summed E-state index contributed by atoms with van der Waals surface area (Å²) in [4.78, 5) is 5.06. The van der Waals surface area contributed by atoms with Crippen molar-refractivity contribution in [2.24, 2.45) is 0 Å². The van der Waals surface area contributed by atoms with Crippen molar-refractivity contribution >= 4 is 175 Å². The molecule has 2 aliphatic rings. The number of fused-ring (bicyclic) bond motifs is 29. The van der Waals surface area contributed by atoms with Crippen LogP contribution < -0.4 is 9.80 Å². The van der Waals surface area contributed by atoms with Crippen LogP contribution >= 0.6 is 0 Å². The first-order valence-corrected chi connectivity index (χ1v) is 39.1. The largest absolute Gasteiger partial charge is 0.455 e. The minimum Gasteiger partial charge on any atom is -0.455 e. The van der Waals surface area contributed by atoms with Gasteiger partial charge in [-0.1, -0.05) is 282 Å². The second-order valence-corrected chi connectivity index (χ2v) is 32.1. The van der Waals surface area contributed by atoms with Crippen LogP contribution in [-0.4, -0.2) is 0 Å². The van der Waals surface area contributed by atoms with Gasteiger partial charge in [-0.3, -0.25) is 0 Å². The van der Waals surface area contributed by atoms with E-state index in [1.165, 1.54) is 109 Å². The molecule has 0 atom stereocenters. The maximum atomic E-state index is 6.71. The minimum absolute atomic E-state index is 0.276. The molecule has 524 valence electrons. The van der Waals surface area contributed by atoms with Crippen LogP contribution in [0, 0.1) is 0 Å². The van der Waals surface area contributed by atoms with Crippen molar-refractivity contribution in [3.05, 3.63) is 374 Å². The first-order chi connectivity index (χ1) is 55.1. The number of nitrogens with zero attached hydrogens (tertiary/aromatic N) is 2. The highest BCUT2D eigenvalue weighted by Crippen LogP contribution is 2.58. The van der Waals surface area contributed by atoms with Gasteiger partial charge in [0.15, 0.2) is 0 Å². The SMILES string of the molecule is CC1(C)c2ccc(N(c3ccc(-c4cccc5c4oc4ccccc45)cc3)c3cc4c5ccccc5c(N(c5ccc(-c6cccc7c6oc6ccccc67)cc5)c5ccc6c(c5)-c5cc7c8ccccc8c8ccccc8c7cc5C6(C)C)cc4c4ccccc34)cc2-c2cc3c4ccccc4c4ccccc4c3cc21. The van der Waals surface area contributed by atoms with E-state index in [1.54, 1.807) is 0 Å². The van der Waals surface area contributed by atoms with E-state index < -0.39 is 0 Å². The zero-order valence-corrected chi connectivity index (χ0v) is 62.2. The Hall–Kier alpha value is -14.1. The fourth-order valence-electron chi connectivity index (χ4n) is 20.2. The molecule has 2 aromatic heterocycles. The summed E-state index contributed by atoms with van der Waals surface area (Å²) >= 11 is 0. The predicted octanol–water partition coefficient (Wildman–Crippen LogP) is 30.8. The van der Waals surface area contributed by atoms with Gasteiger partial charge in [0.25, 0.3) is 0 Å². The summed E-state index contributed by atoms with van der Waals surface area (Å²) in [5.41, 5.74) is 24.1. The van der Waals surface area contributed by atoms with Gasteiger partial charge in [0.1, 0.15) is 22.3 Å². The monoisotopic (exact) mass is 1430 g/mol. The van der Waals surface area contributed by atoms with E-state index in [1.807, 2.05) is 0 Å². The van der Waals surface area contributed by atoms with E-state index in [4.69, 9.17) is 8.83 Å². The number of rotatable bonds is 8. The second-order valence-electron chi connectivity index (χ2n) is 32.1. The van der Waals surface area contributed by atoms with Gasteiger partial charge >= 0.3 is 0 Å². The number of anilines is 6. The van der Waals surface area contributed by atoms with Gasteiger partial charge in [0, 0.05) is 77.0 Å². The number of benzene rings is 20. The number of hydrogen-bond donors (Lipinski definition) is 0. The summed E-state index contributed by atoms with van der Waals surface area (Å²) in [6.45, 7) is 9.65. The lowest BCUT2D eigenvalue weighted by Gasteiger charge is -2.31. The van der Waals surface area contributed by atoms with Crippen molar-refractivity contribution in [2.75, 3.05) is 9.80 Å². The molecule has 20 aromatic carbocycles. The quantitative estimate of drug-likeness (QED) is 0.142. The Bertz CT molecular complexity index is 7420. The van der Waals surface area contributed by atoms with Gasteiger partial charge in [0.05, 0.1) is 11.4 Å². The molecule has 4 nitrogen and oxygen atoms in total. The highest BCUT2D eigenvalue weighted by Gasteiger charge is 2.39. The average molecular weight is 1430 g/mol. The molecule has 0 radical (unpaired) electrons. The maximum Gasteiger partial charge on any atom is 0.143 e. The highest BCUT2D eigenvalue weighted by molar-refractivity contribution is 6.29. The first-order valence-electron chi connectivity index (χ1n) is 39.1. The summed E-state index contributed by atoms with van der Waals surface area (Å²) in [5.74, 6) is 0. The molecule has 0 bridgehead atoms. The Kier molecular flexibility index (Phi) is 13.1. The van der Waals surface area contributed by atoms with Crippen LogP contribution in [0.3, 0.4) is 0 Å². The van der Waals surface area contributed by atoms with Crippen LogP contribution in [0.1, 0.15) is 49.9 Å². The van der Waals surface area contributed by atoms with Gasteiger partial charge in [-0.15, -0.1) is 0 Å². The Balaban J connectivity index is 0.726. The Labute approximate surface area is 646 Å². The molecule has 0 N–H and O–H groups in total. The van der Waals surface area contributed by atoms with Crippen molar-refractivity contribution < 1.29 is 8.83 Å². The van der Waals surface area contributed by atoms with Crippen LogP contribution in [0.4, 0.5) is 34.1 Å². The Morgan fingerprint density at radius 1 is 0.188 bits per heavy atom. The summed E-state index contributed by atoms with van der Waals surface area (Å²) in [5, 5.41) is 26.7. The van der Waals surface area contributed by atoms with Gasteiger partial charge in [-0.25, -0.2) is 0 Å². The molecule has 2 heterocycles. The van der Waals surface area contributed by atoms with Crippen molar-refractivity contribution in [2.45, 2.75) is 38.5 Å². The first kappa shape index (κ1) is 62.9. The standard InChI is InChI=1S/C108H70N2O2/c1-107(2)97-53-51-67(55-93(97)95-57-87-75-27-9-5-23-71(75)73-25-7-11-29-77(73)89(87)59-99(95)107)109(65-47-43-63(44-48-65)69-37-21-39-85-83-35-17-19-41-103(83)111-105(69)85)101-61-91-80-32-14-16-34-82(80)102(62-92(91)79-31-13-15-33-81(79)101)110(66-49-45-64(46-50-66)70-38-22-40-86-84-36-18-20-42-104(84)112-106(70)86)68-52-54-98-94(56-68)96-58-88-76-28-10-6-24-72(76)74-26-8-12-30-78(74)90(88)60-100(96)108(98,3)4/h5-62H,1-4H3. The molecule has 0 unspecified atom stereocenters. The fraction of sp³-hybridized carbons (Fsp3) is 0.0556. The van der Waals surface area contributed by atoms with Gasteiger partial charge in [0.2, 0.25) is 0 Å². The summed E-state index contributed by atoms with van der Waals surface area (Å²) in [6.07, 6.45) is 0. The van der Waals surface area contributed by atoms with Crippen LogP contribution in [0.15, 0.2) is 361 Å². The highest BCUT2D eigenvalue weighted by atomic mass is 16.3. The third kappa shape index (κ3) is 8.89. The topological polar surface area (TPSA) is 32.8 Å². The zero-order chi connectivity index (χ0) is 74.0. The lowest BCUT2D eigenvalue weighted by molar-refractivity contribution is 0.661. The predicted molar refractivity (Wildman–Crippen MR) is 474 cm³/mol. The molecule has 0 saturated heterocycles. The van der Waals surface area contributed by atoms with E-state index in [2.05, 4.69) is 389 Å². The van der Waals surface area contributed by atoms with Crippen molar-refractivity contribution in [3.8, 4) is 44.5 Å². The summed E-state index contributed by atoms with van der Waals surface area (Å²) in [6, 6.07) is 132. The van der Waals surface area contributed by atoms with E-state index >= 15 is 0 Å². The molecular weight excluding hydrogens is 1360 g/mol. The molecule has 0 spiro atoms. The molecule has 0 fully saturated rings. The van der Waals surface area contributed by atoms with Crippen molar-refractivity contribution in [1.29, 1.82) is 0 Å². The van der Waals surface area contributed by atoms with Crippen LogP contribution in [0.5, 0.6) is 0 Å². The molecule has 2 aliphatic carbocycles. The molecule has 22 aromatic rings.